The fourth-order valence-electron chi connectivity index (χ4n) is 4.13. The molecule has 0 radical (unpaired) electrons. The molecule has 1 aliphatic carbocycles. The molecule has 9 heteroatoms. The second-order valence-corrected chi connectivity index (χ2v) is 10.1. The van der Waals surface area contributed by atoms with Gasteiger partial charge >= 0.3 is 0 Å². The van der Waals surface area contributed by atoms with E-state index in [0.29, 0.717) is 42.2 Å². The van der Waals surface area contributed by atoms with Crippen molar-refractivity contribution in [3.63, 3.8) is 0 Å². The van der Waals surface area contributed by atoms with Crippen LogP contribution >= 0.6 is 34.7 Å². The maximum absolute atomic E-state index is 13.7. The van der Waals surface area contributed by atoms with E-state index in [2.05, 4.69) is 0 Å². The fraction of sp³-hybridized carbons (Fsp3) is 0.409. The van der Waals surface area contributed by atoms with Crippen molar-refractivity contribution >= 4 is 50.8 Å². The van der Waals surface area contributed by atoms with Crippen LogP contribution in [-0.2, 0) is 22.4 Å². The van der Waals surface area contributed by atoms with Gasteiger partial charge in [0.1, 0.15) is 4.83 Å². The predicted octanol–water partition coefficient (Wildman–Crippen LogP) is 3.93. The zero-order valence-corrected chi connectivity index (χ0v) is 19.3. The molecule has 31 heavy (non-hydrogen) atoms. The minimum absolute atomic E-state index is 0.0378. The van der Waals surface area contributed by atoms with E-state index < -0.39 is 0 Å². The Labute approximate surface area is 193 Å². The first kappa shape index (κ1) is 21.0. The summed E-state index contributed by atoms with van der Waals surface area (Å²) >= 11 is 9.02. The molecule has 0 atom stereocenters. The number of aryl methyl sites for hydroxylation is 2. The number of carbonyl (C=O) groups is 1. The molecule has 1 aromatic carbocycles. The second kappa shape index (κ2) is 8.94. The summed E-state index contributed by atoms with van der Waals surface area (Å²) < 4.78 is 6.97. The van der Waals surface area contributed by atoms with Crippen LogP contribution in [0.3, 0.4) is 0 Å². The zero-order valence-electron chi connectivity index (χ0n) is 16.9. The first-order valence-corrected chi connectivity index (χ1v) is 12.6. The number of thiophene rings is 1. The van der Waals surface area contributed by atoms with Gasteiger partial charge in [-0.15, -0.1) is 11.3 Å². The third-order valence-electron chi connectivity index (χ3n) is 5.73. The number of hydrogen-bond acceptors (Lipinski definition) is 6. The van der Waals surface area contributed by atoms with Crippen LogP contribution in [0.5, 0.6) is 0 Å². The van der Waals surface area contributed by atoms with Crippen LogP contribution in [-0.4, -0.2) is 52.4 Å². The van der Waals surface area contributed by atoms with Crippen LogP contribution in [0, 0.1) is 0 Å². The minimum Gasteiger partial charge on any atom is -0.378 e. The highest BCUT2D eigenvalue weighted by Crippen LogP contribution is 2.35. The molecular formula is C22H22ClN3O3S2. The lowest BCUT2D eigenvalue weighted by molar-refractivity contribution is -0.132. The molecule has 0 spiro atoms. The van der Waals surface area contributed by atoms with Gasteiger partial charge in [0.05, 0.1) is 30.0 Å². The van der Waals surface area contributed by atoms with E-state index in [9.17, 15) is 9.59 Å². The molecule has 1 fully saturated rings. The smallest absolute Gasteiger partial charge is 0.267 e. The number of fused-ring (bicyclic) bond motifs is 3. The van der Waals surface area contributed by atoms with Crippen LogP contribution in [0.25, 0.3) is 15.9 Å². The Bertz CT molecular complexity index is 1180. The molecule has 5 rings (SSSR count). The average molecular weight is 476 g/mol. The Hall–Kier alpha value is -1.87. The van der Waals surface area contributed by atoms with E-state index in [0.717, 1.165) is 41.5 Å². The summed E-state index contributed by atoms with van der Waals surface area (Å²) in [6, 6.07) is 7.18. The van der Waals surface area contributed by atoms with Gasteiger partial charge in [0, 0.05) is 23.0 Å². The lowest BCUT2D eigenvalue weighted by Gasteiger charge is -2.26. The van der Waals surface area contributed by atoms with Crippen molar-refractivity contribution in [3.05, 3.63) is 50.1 Å². The van der Waals surface area contributed by atoms with E-state index in [1.165, 1.54) is 16.6 Å². The van der Waals surface area contributed by atoms with E-state index in [1.807, 2.05) is 17.0 Å². The number of nitrogens with zero attached hydrogens (tertiary/aromatic N) is 3. The molecule has 1 aliphatic heterocycles. The fourth-order valence-corrected chi connectivity index (χ4v) is 6.48. The van der Waals surface area contributed by atoms with Gasteiger partial charge in [-0.25, -0.2) is 4.98 Å². The van der Waals surface area contributed by atoms with Crippen molar-refractivity contribution in [1.29, 1.82) is 0 Å². The number of benzene rings is 1. The molecular weight excluding hydrogens is 454 g/mol. The van der Waals surface area contributed by atoms with Crippen LogP contribution in [0.15, 0.2) is 34.2 Å². The van der Waals surface area contributed by atoms with Gasteiger partial charge < -0.3 is 9.64 Å². The van der Waals surface area contributed by atoms with Crippen molar-refractivity contribution in [2.45, 2.75) is 30.8 Å². The van der Waals surface area contributed by atoms with Crippen molar-refractivity contribution in [2.75, 3.05) is 32.1 Å². The molecule has 162 valence electrons. The maximum atomic E-state index is 13.7. The number of amides is 1. The molecule has 3 aromatic rings. The van der Waals surface area contributed by atoms with Gasteiger partial charge in [0.2, 0.25) is 5.91 Å². The molecule has 0 unspecified atom stereocenters. The van der Waals surface area contributed by atoms with Crippen LogP contribution in [0.2, 0.25) is 5.02 Å². The number of halogens is 1. The van der Waals surface area contributed by atoms with Gasteiger partial charge in [0.25, 0.3) is 5.56 Å². The third kappa shape index (κ3) is 4.14. The quantitative estimate of drug-likeness (QED) is 0.422. The predicted molar refractivity (Wildman–Crippen MR) is 125 cm³/mol. The molecule has 0 bridgehead atoms. The van der Waals surface area contributed by atoms with Gasteiger partial charge in [-0.2, -0.15) is 0 Å². The summed E-state index contributed by atoms with van der Waals surface area (Å²) in [5.74, 6) is 0.271. The number of carbonyl (C=O) groups excluding carboxylic acids is 1. The summed E-state index contributed by atoms with van der Waals surface area (Å²) in [7, 11) is 0. The summed E-state index contributed by atoms with van der Waals surface area (Å²) in [5, 5.41) is 1.88. The Morgan fingerprint density at radius 1 is 1.16 bits per heavy atom. The zero-order chi connectivity index (χ0) is 21.4. The largest absolute Gasteiger partial charge is 0.378 e. The Morgan fingerprint density at radius 2 is 1.90 bits per heavy atom. The highest BCUT2D eigenvalue weighted by Gasteiger charge is 2.24. The standard InChI is InChI=1S/C22H22ClN3O3S2/c23-14-5-7-15(8-6-14)26-21(28)19-16-3-1-2-4-17(16)31-20(19)24-22(26)30-13-18(27)25-9-11-29-12-10-25/h5-8H,1-4,9-13H2. The topological polar surface area (TPSA) is 64.4 Å². The van der Waals surface area contributed by atoms with Gasteiger partial charge in [-0.1, -0.05) is 23.4 Å². The number of morpholine rings is 1. The van der Waals surface area contributed by atoms with Crippen molar-refractivity contribution in [2.24, 2.45) is 0 Å². The number of ether oxygens (including phenoxy) is 1. The summed E-state index contributed by atoms with van der Waals surface area (Å²) in [5.41, 5.74) is 1.81. The van der Waals surface area contributed by atoms with Gasteiger partial charge in [0.15, 0.2) is 5.16 Å². The lowest BCUT2D eigenvalue weighted by atomic mass is 9.97. The summed E-state index contributed by atoms with van der Waals surface area (Å²) in [6.07, 6.45) is 4.19. The Morgan fingerprint density at radius 3 is 2.68 bits per heavy atom. The van der Waals surface area contributed by atoms with Crippen molar-refractivity contribution in [3.8, 4) is 5.69 Å². The molecule has 2 aliphatic rings. The molecule has 6 nitrogen and oxygen atoms in total. The van der Waals surface area contributed by atoms with Crippen LogP contribution in [0.1, 0.15) is 23.3 Å². The van der Waals surface area contributed by atoms with Gasteiger partial charge in [-0.05, 0) is 55.5 Å². The van der Waals surface area contributed by atoms with Crippen LogP contribution in [0.4, 0.5) is 0 Å². The Kier molecular flexibility index (Phi) is 6.05. The number of thioether (sulfide) groups is 1. The SMILES string of the molecule is O=C(CSc1nc2sc3c(c2c(=O)n1-c1ccc(Cl)cc1)CCCC3)N1CCOCC1. The molecule has 1 saturated heterocycles. The van der Waals surface area contributed by atoms with E-state index in [1.54, 1.807) is 28.0 Å². The molecule has 0 N–H and O–H groups in total. The third-order valence-corrected chi connectivity index (χ3v) is 8.09. The number of aromatic nitrogens is 2. The molecule has 1 amide bonds. The highest BCUT2D eigenvalue weighted by atomic mass is 35.5. The van der Waals surface area contributed by atoms with E-state index in [-0.39, 0.29) is 17.2 Å². The Balaban J connectivity index is 1.56. The number of hydrogen-bond donors (Lipinski definition) is 0. The first-order chi connectivity index (χ1) is 15.1. The summed E-state index contributed by atoms with van der Waals surface area (Å²) in [6.45, 7) is 2.34. The number of rotatable bonds is 4. The van der Waals surface area contributed by atoms with E-state index in [4.69, 9.17) is 21.3 Å². The first-order valence-electron chi connectivity index (χ1n) is 10.4. The van der Waals surface area contributed by atoms with Crippen molar-refractivity contribution in [1.82, 2.24) is 14.5 Å². The minimum atomic E-state index is -0.0620. The average Bonchev–Trinajstić information content (AvgIpc) is 3.17. The maximum Gasteiger partial charge on any atom is 0.267 e. The molecule has 0 saturated carbocycles. The van der Waals surface area contributed by atoms with Crippen LogP contribution < -0.4 is 5.56 Å². The van der Waals surface area contributed by atoms with Gasteiger partial charge in [-0.3, -0.25) is 14.2 Å². The van der Waals surface area contributed by atoms with E-state index >= 15 is 0 Å². The van der Waals surface area contributed by atoms with Crippen molar-refractivity contribution < 1.29 is 9.53 Å². The second-order valence-electron chi connectivity index (χ2n) is 7.68. The lowest BCUT2D eigenvalue weighted by Crippen LogP contribution is -2.41. The normalized spacial score (nSPS) is 16.5. The molecule has 3 heterocycles. The summed E-state index contributed by atoms with van der Waals surface area (Å²) in [4.78, 5) is 35.1. The molecule has 2 aromatic heterocycles. The highest BCUT2D eigenvalue weighted by molar-refractivity contribution is 7.99. The monoisotopic (exact) mass is 475 g/mol.